The SMILES string of the molecule is CCOC(=O)C1=CC(=C2CCCC2)c2c(cc3c(c2OC)C[C@@H](C(C)(C)O)O3)O1. The van der Waals surface area contributed by atoms with Crippen LogP contribution in [0.5, 0.6) is 17.2 Å². The molecule has 1 saturated carbocycles. The molecule has 2 heterocycles. The Kier molecular flexibility index (Phi) is 5.07. The number of fused-ring (bicyclic) bond motifs is 2. The monoisotopic (exact) mass is 400 g/mol. The maximum Gasteiger partial charge on any atom is 0.374 e. The van der Waals surface area contributed by atoms with Crippen LogP contribution in [0.25, 0.3) is 5.57 Å². The van der Waals surface area contributed by atoms with Gasteiger partial charge >= 0.3 is 5.97 Å². The van der Waals surface area contributed by atoms with Crippen LogP contribution in [0, 0.1) is 0 Å². The largest absolute Gasteiger partial charge is 0.496 e. The fraction of sp³-hybridized carbons (Fsp3) is 0.522. The van der Waals surface area contributed by atoms with Gasteiger partial charge in [0, 0.05) is 18.1 Å². The summed E-state index contributed by atoms with van der Waals surface area (Å²) in [7, 11) is 1.63. The third kappa shape index (κ3) is 3.50. The molecule has 0 saturated heterocycles. The minimum atomic E-state index is -0.994. The van der Waals surface area contributed by atoms with E-state index in [1.165, 1.54) is 5.57 Å². The number of allylic oxidation sites excluding steroid dienone is 3. The highest BCUT2D eigenvalue weighted by Crippen LogP contribution is 2.51. The van der Waals surface area contributed by atoms with Crippen molar-refractivity contribution in [3.05, 3.63) is 34.6 Å². The van der Waals surface area contributed by atoms with Crippen molar-refractivity contribution in [2.24, 2.45) is 0 Å². The first-order valence-electron chi connectivity index (χ1n) is 10.3. The third-order valence-electron chi connectivity index (χ3n) is 5.79. The molecule has 0 aromatic heterocycles. The molecule has 6 heteroatoms. The number of aliphatic hydroxyl groups is 1. The second-order valence-corrected chi connectivity index (χ2v) is 8.28. The topological polar surface area (TPSA) is 74.2 Å². The van der Waals surface area contributed by atoms with Crippen molar-refractivity contribution in [2.45, 2.75) is 64.6 Å². The first-order valence-corrected chi connectivity index (χ1v) is 10.3. The van der Waals surface area contributed by atoms with Crippen LogP contribution in [0.2, 0.25) is 0 Å². The van der Waals surface area contributed by atoms with E-state index in [1.807, 2.05) is 0 Å². The summed E-state index contributed by atoms with van der Waals surface area (Å²) in [5.41, 5.74) is 3.07. The van der Waals surface area contributed by atoms with Crippen molar-refractivity contribution in [1.82, 2.24) is 0 Å². The summed E-state index contributed by atoms with van der Waals surface area (Å²) < 4.78 is 23.0. The van der Waals surface area contributed by atoms with Gasteiger partial charge in [0.1, 0.15) is 23.4 Å². The Labute approximate surface area is 171 Å². The van der Waals surface area contributed by atoms with Crippen LogP contribution in [0.4, 0.5) is 0 Å². The molecule has 3 aliphatic rings. The molecule has 6 nitrogen and oxygen atoms in total. The van der Waals surface area contributed by atoms with E-state index in [0.29, 0.717) is 23.7 Å². The number of hydrogen-bond acceptors (Lipinski definition) is 6. The number of benzene rings is 1. The first-order chi connectivity index (χ1) is 13.8. The van der Waals surface area contributed by atoms with E-state index in [0.717, 1.165) is 42.4 Å². The highest BCUT2D eigenvalue weighted by Gasteiger charge is 2.40. The molecule has 29 heavy (non-hydrogen) atoms. The molecule has 0 radical (unpaired) electrons. The van der Waals surface area contributed by atoms with Gasteiger partial charge in [-0.15, -0.1) is 0 Å². The van der Waals surface area contributed by atoms with Crippen LogP contribution in [0.15, 0.2) is 23.5 Å². The zero-order valence-electron chi connectivity index (χ0n) is 17.5. The predicted octanol–water partition coefficient (Wildman–Crippen LogP) is 3.94. The maximum atomic E-state index is 12.4. The van der Waals surface area contributed by atoms with E-state index in [4.69, 9.17) is 18.9 Å². The molecule has 0 bridgehead atoms. The van der Waals surface area contributed by atoms with E-state index < -0.39 is 11.6 Å². The molecule has 0 amide bonds. The van der Waals surface area contributed by atoms with Gasteiger partial charge in [-0.05, 0) is 58.1 Å². The van der Waals surface area contributed by atoms with E-state index in [2.05, 4.69) is 0 Å². The van der Waals surface area contributed by atoms with Crippen LogP contribution < -0.4 is 14.2 Å². The quantitative estimate of drug-likeness (QED) is 0.772. The highest BCUT2D eigenvalue weighted by atomic mass is 16.6. The normalized spacial score (nSPS) is 20.4. The fourth-order valence-corrected chi connectivity index (χ4v) is 4.29. The van der Waals surface area contributed by atoms with Crippen molar-refractivity contribution >= 4 is 11.5 Å². The van der Waals surface area contributed by atoms with Crippen molar-refractivity contribution in [1.29, 1.82) is 0 Å². The van der Waals surface area contributed by atoms with Crippen molar-refractivity contribution < 1.29 is 28.8 Å². The molecule has 0 unspecified atom stereocenters. The zero-order valence-corrected chi connectivity index (χ0v) is 17.5. The summed E-state index contributed by atoms with van der Waals surface area (Å²) in [5, 5.41) is 10.4. The Morgan fingerprint density at radius 3 is 2.62 bits per heavy atom. The predicted molar refractivity (Wildman–Crippen MR) is 108 cm³/mol. The van der Waals surface area contributed by atoms with Crippen molar-refractivity contribution in [2.75, 3.05) is 13.7 Å². The summed E-state index contributed by atoms with van der Waals surface area (Å²) in [6.07, 6.45) is 6.21. The lowest BCUT2D eigenvalue weighted by molar-refractivity contribution is -0.141. The Balaban J connectivity index is 1.86. The number of esters is 1. The smallest absolute Gasteiger partial charge is 0.374 e. The van der Waals surface area contributed by atoms with Gasteiger partial charge in [0.2, 0.25) is 5.76 Å². The number of hydrogen-bond donors (Lipinski definition) is 1. The summed E-state index contributed by atoms with van der Waals surface area (Å²) in [5.74, 6) is 1.53. The molecule has 1 N–H and O–H groups in total. The van der Waals surface area contributed by atoms with E-state index in [1.54, 1.807) is 40.0 Å². The Morgan fingerprint density at radius 2 is 2.00 bits per heavy atom. The van der Waals surface area contributed by atoms with Crippen molar-refractivity contribution in [3.8, 4) is 17.2 Å². The average molecular weight is 400 g/mol. The standard InChI is InChI=1S/C23H28O6/c1-5-27-22(24)18-10-14(13-8-6-7-9-13)20-17(28-18)12-16-15(21(20)26-4)11-19(29-16)23(2,3)25/h10,12,19,25H,5-9,11H2,1-4H3/t19-/m0/s1. The number of rotatable bonds is 4. The molecule has 156 valence electrons. The fourth-order valence-electron chi connectivity index (χ4n) is 4.29. The Hall–Kier alpha value is -2.47. The van der Waals surface area contributed by atoms with E-state index in [9.17, 15) is 9.90 Å². The zero-order chi connectivity index (χ0) is 20.8. The molecular weight excluding hydrogens is 372 g/mol. The van der Waals surface area contributed by atoms with E-state index in [-0.39, 0.29) is 18.5 Å². The number of methoxy groups -OCH3 is 1. The second-order valence-electron chi connectivity index (χ2n) is 8.28. The number of carbonyl (C=O) groups excluding carboxylic acids is 1. The van der Waals surface area contributed by atoms with Gasteiger partial charge in [0.15, 0.2) is 0 Å². The Morgan fingerprint density at radius 1 is 1.28 bits per heavy atom. The van der Waals surface area contributed by atoms with Crippen LogP contribution in [-0.4, -0.2) is 36.5 Å². The van der Waals surface area contributed by atoms with Gasteiger partial charge in [-0.3, -0.25) is 0 Å². The number of ether oxygens (including phenoxy) is 4. The molecule has 1 aromatic rings. The summed E-state index contributed by atoms with van der Waals surface area (Å²) >= 11 is 0. The molecule has 1 aromatic carbocycles. The third-order valence-corrected chi connectivity index (χ3v) is 5.79. The van der Waals surface area contributed by atoms with Crippen LogP contribution in [-0.2, 0) is 16.0 Å². The molecule has 4 rings (SSSR count). The molecule has 1 fully saturated rings. The molecule has 1 aliphatic carbocycles. The first kappa shape index (κ1) is 19.8. The average Bonchev–Trinajstić information content (AvgIpc) is 3.34. The lowest BCUT2D eigenvalue weighted by atomic mass is 9.90. The molecule has 0 spiro atoms. The molecular formula is C23H28O6. The number of carbonyl (C=O) groups is 1. The van der Waals surface area contributed by atoms with Gasteiger partial charge in [-0.25, -0.2) is 4.79 Å². The van der Waals surface area contributed by atoms with Gasteiger partial charge < -0.3 is 24.1 Å². The van der Waals surface area contributed by atoms with Crippen LogP contribution >= 0.6 is 0 Å². The van der Waals surface area contributed by atoms with E-state index >= 15 is 0 Å². The highest BCUT2D eigenvalue weighted by molar-refractivity contribution is 5.96. The summed E-state index contributed by atoms with van der Waals surface area (Å²) in [6, 6.07) is 1.81. The minimum Gasteiger partial charge on any atom is -0.496 e. The maximum absolute atomic E-state index is 12.4. The van der Waals surface area contributed by atoms with Gasteiger partial charge in [0.05, 0.1) is 24.9 Å². The van der Waals surface area contributed by atoms with Crippen LogP contribution in [0.1, 0.15) is 57.6 Å². The van der Waals surface area contributed by atoms with Gasteiger partial charge in [0.25, 0.3) is 0 Å². The lowest BCUT2D eigenvalue weighted by Crippen LogP contribution is -2.39. The lowest BCUT2D eigenvalue weighted by Gasteiger charge is -2.24. The molecule has 2 aliphatic heterocycles. The minimum absolute atomic E-state index is 0.174. The summed E-state index contributed by atoms with van der Waals surface area (Å²) in [4.78, 5) is 12.4. The molecule has 1 atom stereocenters. The second kappa shape index (κ2) is 7.41. The van der Waals surface area contributed by atoms with Crippen LogP contribution in [0.3, 0.4) is 0 Å². The van der Waals surface area contributed by atoms with Gasteiger partial charge in [-0.2, -0.15) is 0 Å². The van der Waals surface area contributed by atoms with Crippen molar-refractivity contribution in [3.63, 3.8) is 0 Å². The Bertz CT molecular complexity index is 895. The van der Waals surface area contributed by atoms with Gasteiger partial charge in [-0.1, -0.05) is 5.57 Å². The summed E-state index contributed by atoms with van der Waals surface area (Å²) in [6.45, 7) is 5.52.